The van der Waals surface area contributed by atoms with Crippen LogP contribution in [0.25, 0.3) is 11.4 Å². The fourth-order valence-electron chi connectivity index (χ4n) is 3.73. The third kappa shape index (κ3) is 3.09. The predicted octanol–water partition coefficient (Wildman–Crippen LogP) is 5.68. The van der Waals surface area contributed by atoms with Crippen LogP contribution in [0.2, 0.25) is 0 Å². The van der Waals surface area contributed by atoms with Gasteiger partial charge in [0.1, 0.15) is 9.98 Å². The van der Waals surface area contributed by atoms with E-state index in [2.05, 4.69) is 0 Å². The second-order valence-corrected chi connectivity index (χ2v) is 7.89. The molecular weight excluding hydrogens is 413 g/mol. The van der Waals surface area contributed by atoms with Gasteiger partial charge < -0.3 is 9.80 Å². The molecule has 148 valence electrons. The molecule has 0 atom stereocenters. The summed E-state index contributed by atoms with van der Waals surface area (Å²) in [4.78, 5) is 4.97. The number of hydrogen-bond donors (Lipinski definition) is 0. The standard InChI is InChI=1S/C22H17F3N2S2/c1-12-4-6-13(7-5-12)18-16-17(21(29)26(18)2)19(27(3)20(16)28)14-8-10-15(11-9-14)22(23,24)25/h4-11H,1-3H3. The van der Waals surface area contributed by atoms with Gasteiger partial charge in [-0.3, -0.25) is 0 Å². The Kier molecular flexibility index (Phi) is 4.63. The zero-order valence-corrected chi connectivity index (χ0v) is 17.6. The number of halogens is 3. The number of hydrogen-bond acceptors (Lipinski definition) is 2. The molecule has 2 aliphatic rings. The Morgan fingerprint density at radius 1 is 0.690 bits per heavy atom. The van der Waals surface area contributed by atoms with Crippen LogP contribution in [0.3, 0.4) is 0 Å². The van der Waals surface area contributed by atoms with Crippen LogP contribution in [-0.4, -0.2) is 33.9 Å². The van der Waals surface area contributed by atoms with Gasteiger partial charge in [0.15, 0.2) is 0 Å². The second kappa shape index (κ2) is 6.78. The van der Waals surface area contributed by atoms with Gasteiger partial charge in [-0.1, -0.05) is 66.4 Å². The summed E-state index contributed by atoms with van der Waals surface area (Å²) < 4.78 is 38.9. The van der Waals surface area contributed by atoms with Crippen LogP contribution < -0.4 is 0 Å². The van der Waals surface area contributed by atoms with Crippen LogP contribution in [0.5, 0.6) is 0 Å². The van der Waals surface area contributed by atoms with Gasteiger partial charge in [-0.25, -0.2) is 0 Å². The number of fused-ring (bicyclic) bond motifs is 1. The molecule has 29 heavy (non-hydrogen) atoms. The highest BCUT2D eigenvalue weighted by atomic mass is 32.1. The lowest BCUT2D eigenvalue weighted by molar-refractivity contribution is -0.137. The molecule has 0 saturated heterocycles. The maximum absolute atomic E-state index is 13.0. The zero-order chi connectivity index (χ0) is 21.1. The molecular formula is C22H17F3N2S2. The quantitative estimate of drug-likeness (QED) is 0.565. The average molecular weight is 431 g/mol. The number of likely N-dealkylation sites (N-methyl/N-ethyl adjacent to an activating group) is 2. The summed E-state index contributed by atoms with van der Waals surface area (Å²) in [7, 11) is 3.71. The maximum Gasteiger partial charge on any atom is 0.416 e. The minimum atomic E-state index is -4.38. The van der Waals surface area contributed by atoms with Crippen molar-refractivity contribution >= 4 is 45.8 Å². The van der Waals surface area contributed by atoms with Gasteiger partial charge in [0, 0.05) is 25.2 Å². The Morgan fingerprint density at radius 3 is 1.45 bits per heavy atom. The largest absolute Gasteiger partial charge is 0.416 e. The van der Waals surface area contributed by atoms with Gasteiger partial charge in [-0.2, -0.15) is 13.2 Å². The van der Waals surface area contributed by atoms with Crippen molar-refractivity contribution in [3.8, 4) is 0 Å². The summed E-state index contributed by atoms with van der Waals surface area (Å²) in [6.45, 7) is 2.02. The molecule has 2 aliphatic heterocycles. The summed E-state index contributed by atoms with van der Waals surface area (Å²) >= 11 is 11.4. The highest BCUT2D eigenvalue weighted by Crippen LogP contribution is 2.46. The third-order valence-corrected chi connectivity index (χ3v) is 6.20. The van der Waals surface area contributed by atoms with Crippen LogP contribution >= 0.6 is 24.4 Å². The Hall–Kier alpha value is -2.51. The van der Waals surface area contributed by atoms with Gasteiger partial charge in [-0.15, -0.1) is 0 Å². The maximum atomic E-state index is 13.0. The van der Waals surface area contributed by atoms with E-state index in [0.717, 1.165) is 45.8 Å². The molecule has 2 aromatic carbocycles. The van der Waals surface area contributed by atoms with E-state index in [-0.39, 0.29) is 0 Å². The molecule has 7 heteroatoms. The number of thiocarbonyl (C=S) groups is 2. The normalized spacial score (nSPS) is 17.0. The molecule has 0 bridgehead atoms. The smallest absolute Gasteiger partial charge is 0.334 e. The van der Waals surface area contributed by atoms with E-state index in [1.165, 1.54) is 12.1 Å². The molecule has 4 rings (SSSR count). The number of rotatable bonds is 2. The molecule has 2 nitrogen and oxygen atoms in total. The molecule has 0 amide bonds. The van der Waals surface area contributed by atoms with Gasteiger partial charge in [0.05, 0.1) is 17.0 Å². The Labute approximate surface area is 177 Å². The third-order valence-electron chi connectivity index (χ3n) is 5.24. The van der Waals surface area contributed by atoms with Crippen LogP contribution in [0.15, 0.2) is 59.7 Å². The van der Waals surface area contributed by atoms with Crippen LogP contribution in [0.4, 0.5) is 13.2 Å². The van der Waals surface area contributed by atoms with Crippen molar-refractivity contribution in [3.05, 3.63) is 81.9 Å². The fourth-order valence-corrected chi connectivity index (χ4v) is 4.31. The van der Waals surface area contributed by atoms with Crippen molar-refractivity contribution in [2.75, 3.05) is 14.1 Å². The number of aryl methyl sites for hydroxylation is 1. The summed E-state index contributed by atoms with van der Waals surface area (Å²) in [5.74, 6) is 0. The lowest BCUT2D eigenvalue weighted by Crippen LogP contribution is -2.23. The van der Waals surface area contributed by atoms with Crippen LogP contribution in [0, 0.1) is 6.92 Å². The lowest BCUT2D eigenvalue weighted by Gasteiger charge is -2.22. The van der Waals surface area contributed by atoms with Crippen molar-refractivity contribution in [2.24, 2.45) is 0 Å². The Bertz CT molecular complexity index is 1090. The first-order valence-corrected chi connectivity index (χ1v) is 9.72. The molecule has 0 radical (unpaired) electrons. The lowest BCUT2D eigenvalue weighted by atomic mass is 10.0. The Morgan fingerprint density at radius 2 is 1.07 bits per heavy atom. The summed E-state index contributed by atoms with van der Waals surface area (Å²) in [6.07, 6.45) is -4.38. The van der Waals surface area contributed by atoms with Crippen LogP contribution in [-0.2, 0) is 6.18 Å². The summed E-state index contributed by atoms with van der Waals surface area (Å²) in [6, 6.07) is 13.2. The molecule has 0 saturated carbocycles. The van der Waals surface area contributed by atoms with E-state index >= 15 is 0 Å². The van der Waals surface area contributed by atoms with E-state index in [1.807, 2.05) is 55.1 Å². The predicted molar refractivity (Wildman–Crippen MR) is 117 cm³/mol. The number of nitrogens with zero attached hydrogens (tertiary/aromatic N) is 2. The van der Waals surface area contributed by atoms with E-state index < -0.39 is 11.7 Å². The first-order chi connectivity index (χ1) is 13.6. The molecule has 0 aromatic heterocycles. The van der Waals surface area contributed by atoms with Gasteiger partial charge in [0.2, 0.25) is 0 Å². The molecule has 2 aromatic rings. The van der Waals surface area contributed by atoms with E-state index in [4.69, 9.17) is 24.4 Å². The van der Waals surface area contributed by atoms with Gasteiger partial charge in [0.25, 0.3) is 0 Å². The van der Waals surface area contributed by atoms with Crippen molar-refractivity contribution < 1.29 is 13.2 Å². The first-order valence-electron chi connectivity index (χ1n) is 8.91. The van der Waals surface area contributed by atoms with Crippen molar-refractivity contribution in [1.82, 2.24) is 9.80 Å². The zero-order valence-electron chi connectivity index (χ0n) is 16.0. The van der Waals surface area contributed by atoms with Gasteiger partial charge >= 0.3 is 6.18 Å². The molecule has 0 unspecified atom stereocenters. The Balaban J connectivity index is 1.90. The average Bonchev–Trinajstić information content (AvgIpc) is 3.08. The fraction of sp³-hybridized carbons (Fsp3) is 0.182. The first kappa shape index (κ1) is 19.8. The molecule has 0 aliphatic carbocycles. The minimum absolute atomic E-state index is 0.608. The summed E-state index contributed by atoms with van der Waals surface area (Å²) in [5.41, 5.74) is 5.41. The SMILES string of the molecule is Cc1ccc(C2=C3C(=S)N(C)C(c4ccc(C(F)(F)F)cc4)=C3C(=S)N2C)cc1. The van der Waals surface area contributed by atoms with E-state index in [0.29, 0.717) is 15.5 Å². The second-order valence-electron chi connectivity index (χ2n) is 7.12. The van der Waals surface area contributed by atoms with Crippen molar-refractivity contribution in [1.29, 1.82) is 0 Å². The number of alkyl halides is 3. The van der Waals surface area contributed by atoms with E-state index in [1.54, 1.807) is 0 Å². The molecule has 2 heterocycles. The minimum Gasteiger partial charge on any atom is -0.334 e. The summed E-state index contributed by atoms with van der Waals surface area (Å²) in [5, 5.41) is 0. The highest BCUT2D eigenvalue weighted by Gasteiger charge is 2.42. The molecule has 0 N–H and O–H groups in total. The topological polar surface area (TPSA) is 6.48 Å². The van der Waals surface area contributed by atoms with Crippen molar-refractivity contribution in [2.45, 2.75) is 13.1 Å². The van der Waals surface area contributed by atoms with Crippen LogP contribution in [0.1, 0.15) is 22.3 Å². The van der Waals surface area contributed by atoms with Gasteiger partial charge in [-0.05, 0) is 30.2 Å². The highest BCUT2D eigenvalue weighted by molar-refractivity contribution is 7.81. The number of benzene rings is 2. The van der Waals surface area contributed by atoms with Crippen molar-refractivity contribution in [3.63, 3.8) is 0 Å². The van der Waals surface area contributed by atoms with E-state index in [9.17, 15) is 13.2 Å². The molecule has 0 fully saturated rings. The monoisotopic (exact) mass is 430 g/mol. The molecule has 0 spiro atoms.